The predicted molar refractivity (Wildman–Crippen MR) is 209 cm³/mol. The van der Waals surface area contributed by atoms with Crippen molar-refractivity contribution in [2.75, 3.05) is 36.0 Å². The Morgan fingerprint density at radius 3 is 1.67 bits per heavy atom. The van der Waals surface area contributed by atoms with Crippen LogP contribution in [0.25, 0.3) is 22.1 Å². The van der Waals surface area contributed by atoms with Crippen molar-refractivity contribution in [3.05, 3.63) is 104 Å². The van der Waals surface area contributed by atoms with E-state index in [4.69, 9.17) is 9.97 Å². The summed E-state index contributed by atoms with van der Waals surface area (Å²) in [7, 11) is 0. The van der Waals surface area contributed by atoms with Crippen molar-refractivity contribution in [1.29, 1.82) is 0 Å². The Kier molecular flexibility index (Phi) is 8.86. The van der Waals surface area contributed by atoms with Gasteiger partial charge in [-0.05, 0) is 114 Å². The molecule has 6 aromatic rings. The van der Waals surface area contributed by atoms with E-state index in [1.54, 1.807) is 28.4 Å². The maximum atomic E-state index is 16.4. The van der Waals surface area contributed by atoms with Crippen molar-refractivity contribution in [1.82, 2.24) is 30.6 Å². The van der Waals surface area contributed by atoms with Gasteiger partial charge in [0.15, 0.2) is 11.6 Å². The molecule has 4 N–H and O–H groups in total. The summed E-state index contributed by atoms with van der Waals surface area (Å²) in [6, 6.07) is 12.3. The van der Waals surface area contributed by atoms with Gasteiger partial charge in [-0.3, -0.25) is 0 Å². The Bertz CT molecular complexity index is 2250. The minimum Gasteiger partial charge on any atom is -0.367 e. The Morgan fingerprint density at radius 1 is 0.655 bits per heavy atom. The number of aryl methyl sites for hydroxylation is 1. The van der Waals surface area contributed by atoms with Gasteiger partial charge in [-0.1, -0.05) is 0 Å². The third-order valence-electron chi connectivity index (χ3n) is 12.4. The van der Waals surface area contributed by atoms with Gasteiger partial charge in [0.05, 0.1) is 46.2 Å². The predicted octanol–water partition coefficient (Wildman–Crippen LogP) is 9.68. The molecule has 0 aliphatic carbocycles. The second kappa shape index (κ2) is 13.9. The zero-order chi connectivity index (χ0) is 37.4. The van der Waals surface area contributed by atoms with E-state index < -0.39 is 35.4 Å². The maximum absolute atomic E-state index is 16.4. The van der Waals surface area contributed by atoms with Crippen LogP contribution in [0, 0.1) is 30.2 Å². The second-order valence-electron chi connectivity index (χ2n) is 15.8. The van der Waals surface area contributed by atoms with E-state index in [0.29, 0.717) is 65.0 Å². The molecule has 3 aromatic heterocycles. The highest BCUT2D eigenvalue weighted by atomic mass is 32.1. The summed E-state index contributed by atoms with van der Waals surface area (Å²) in [5, 5.41) is 6.88. The summed E-state index contributed by atoms with van der Waals surface area (Å²) in [4.78, 5) is 22.4. The zero-order valence-corrected chi connectivity index (χ0v) is 31.5. The molecule has 55 heavy (non-hydrogen) atoms. The smallest absolute Gasteiger partial charge is 0.151 e. The number of nitrogens with one attached hydrogen (secondary N) is 4. The Hall–Kier alpha value is -4.46. The molecule has 286 valence electrons. The van der Waals surface area contributed by atoms with Crippen LogP contribution in [0.3, 0.4) is 0 Å². The van der Waals surface area contributed by atoms with Crippen LogP contribution < -0.4 is 20.4 Å². The number of aromatic nitrogens is 4. The van der Waals surface area contributed by atoms with E-state index in [1.165, 1.54) is 34.0 Å². The number of fused-ring (bicyclic) bond motifs is 2. The molecule has 4 aliphatic heterocycles. The third kappa shape index (κ3) is 6.28. The summed E-state index contributed by atoms with van der Waals surface area (Å²) in [5.41, 5.74) is 3.37. The van der Waals surface area contributed by atoms with Crippen LogP contribution in [0.1, 0.15) is 114 Å². The molecule has 0 amide bonds. The molecule has 4 saturated heterocycles. The number of halogens is 4. The molecule has 0 saturated carbocycles. The van der Waals surface area contributed by atoms with Crippen LogP contribution in [-0.4, -0.2) is 46.1 Å². The third-order valence-corrected chi connectivity index (χ3v) is 13.6. The van der Waals surface area contributed by atoms with Crippen molar-refractivity contribution < 1.29 is 17.6 Å². The number of anilines is 2. The minimum atomic E-state index is -0.679. The number of imidazole rings is 2. The van der Waals surface area contributed by atoms with Crippen LogP contribution >= 0.6 is 11.3 Å². The van der Waals surface area contributed by atoms with Crippen LogP contribution in [0.5, 0.6) is 0 Å². The lowest BCUT2D eigenvalue weighted by Gasteiger charge is -2.36. The largest absolute Gasteiger partial charge is 0.367 e. The highest BCUT2D eigenvalue weighted by molar-refractivity contribution is 7.12. The van der Waals surface area contributed by atoms with Crippen molar-refractivity contribution >= 4 is 44.8 Å². The number of benzene rings is 3. The molecule has 0 unspecified atom stereocenters. The summed E-state index contributed by atoms with van der Waals surface area (Å²) in [5.74, 6) is -0.377. The van der Waals surface area contributed by atoms with Gasteiger partial charge in [-0.2, -0.15) is 0 Å². The lowest BCUT2D eigenvalue weighted by atomic mass is 9.94. The molecule has 3 aromatic carbocycles. The van der Waals surface area contributed by atoms with Gasteiger partial charge in [-0.25, -0.2) is 27.5 Å². The van der Waals surface area contributed by atoms with E-state index in [0.717, 1.165) is 63.3 Å². The Labute approximate surface area is 320 Å². The number of aromatic amines is 2. The average Bonchev–Trinajstić information content (AvgIpc) is 4.02. The number of nitrogens with zero attached hydrogens (tertiary/aromatic N) is 4. The van der Waals surface area contributed by atoms with E-state index in [-0.39, 0.29) is 23.5 Å². The summed E-state index contributed by atoms with van der Waals surface area (Å²) in [6.45, 7) is 4.96. The first-order chi connectivity index (χ1) is 26.8. The van der Waals surface area contributed by atoms with Gasteiger partial charge in [0.25, 0.3) is 0 Å². The van der Waals surface area contributed by atoms with Gasteiger partial charge >= 0.3 is 0 Å². The van der Waals surface area contributed by atoms with Crippen LogP contribution in [0.2, 0.25) is 0 Å². The number of hydrogen-bond donors (Lipinski definition) is 4. The van der Waals surface area contributed by atoms with Crippen molar-refractivity contribution in [2.45, 2.75) is 88.4 Å². The van der Waals surface area contributed by atoms with Gasteiger partial charge in [0.1, 0.15) is 29.0 Å². The SMILES string of the molecule is Cc1ccc(C2CCN(c3c(F)cc(N4[C@@H](c5cc6[nH]c([C@@H]7CCCN7)nc6cc5F)CC[C@@H]4c4cc5[nH]c([C@@H]6CCCN6)nc5cc4F)cc3F)CC2)s1. The fourth-order valence-electron chi connectivity index (χ4n) is 9.66. The van der Waals surface area contributed by atoms with Crippen molar-refractivity contribution in [3.63, 3.8) is 0 Å². The molecular formula is C42H44F4N8S. The van der Waals surface area contributed by atoms with E-state index >= 15 is 17.6 Å². The molecule has 0 bridgehead atoms. The second-order valence-corrected chi connectivity index (χ2v) is 17.1. The molecule has 8 nitrogen and oxygen atoms in total. The van der Waals surface area contributed by atoms with Crippen LogP contribution in [0.15, 0.2) is 48.5 Å². The first-order valence-corrected chi connectivity index (χ1v) is 20.5. The fraction of sp³-hybridized carbons (Fsp3) is 0.429. The number of piperidine rings is 1. The summed E-state index contributed by atoms with van der Waals surface area (Å²) >= 11 is 1.78. The van der Waals surface area contributed by atoms with Crippen LogP contribution in [-0.2, 0) is 0 Å². The molecular weight excluding hydrogens is 725 g/mol. The van der Waals surface area contributed by atoms with E-state index in [1.807, 2.05) is 4.90 Å². The number of H-pyrrole nitrogens is 2. The molecule has 4 aliphatic rings. The van der Waals surface area contributed by atoms with Gasteiger partial charge in [-0.15, -0.1) is 11.3 Å². The lowest BCUT2D eigenvalue weighted by molar-refractivity contribution is 0.490. The number of rotatable bonds is 7. The highest BCUT2D eigenvalue weighted by Crippen LogP contribution is 2.50. The maximum Gasteiger partial charge on any atom is 0.151 e. The highest BCUT2D eigenvalue weighted by Gasteiger charge is 2.40. The number of hydrogen-bond acceptors (Lipinski definition) is 7. The molecule has 4 fully saturated rings. The molecule has 7 heterocycles. The molecule has 10 rings (SSSR count). The first kappa shape index (κ1) is 35.0. The van der Waals surface area contributed by atoms with Crippen molar-refractivity contribution in [2.24, 2.45) is 0 Å². The molecule has 0 radical (unpaired) electrons. The first-order valence-electron chi connectivity index (χ1n) is 19.7. The van der Waals surface area contributed by atoms with E-state index in [9.17, 15) is 0 Å². The average molecular weight is 769 g/mol. The van der Waals surface area contributed by atoms with Gasteiger partial charge in [0.2, 0.25) is 0 Å². The minimum absolute atomic E-state index is 0.0481. The van der Waals surface area contributed by atoms with E-state index in [2.05, 4.69) is 39.7 Å². The quantitative estimate of drug-likeness (QED) is 0.121. The fourth-order valence-corrected chi connectivity index (χ4v) is 10.7. The summed E-state index contributed by atoms with van der Waals surface area (Å²) < 4.78 is 65.4. The molecule has 4 atom stereocenters. The Balaban J connectivity index is 1.02. The lowest BCUT2D eigenvalue weighted by Crippen LogP contribution is -2.34. The normalized spacial score (nSPS) is 23.7. The topological polar surface area (TPSA) is 87.9 Å². The molecule has 0 spiro atoms. The Morgan fingerprint density at radius 2 is 1.20 bits per heavy atom. The standard InChI is InChI=1S/C42H44F4N8S/c1-22-6-9-39(55-22)23-10-14-53(15-11-23)40-29(45)16-24(17-30(40)46)54-37(25-18-33-35(20-27(25)43)51-41(49-33)31-4-2-12-47-31)7-8-38(54)26-19-34-36(21-28(26)44)52-42(50-34)32-5-3-13-48-32/h6,9,16-21,23,31-32,37-38,47-48H,2-5,7-8,10-15H2,1H3,(H,49,51)(H,50,52)/t31-,32-,37+,38+/m0/s1. The monoisotopic (exact) mass is 768 g/mol. The zero-order valence-electron chi connectivity index (χ0n) is 30.7. The van der Waals surface area contributed by atoms with Gasteiger partial charge < -0.3 is 30.4 Å². The van der Waals surface area contributed by atoms with Gasteiger partial charge in [0, 0.05) is 51.8 Å². The van der Waals surface area contributed by atoms with Crippen molar-refractivity contribution in [3.8, 4) is 0 Å². The molecule has 13 heteroatoms. The summed E-state index contributed by atoms with van der Waals surface area (Å²) in [6.07, 6.45) is 6.46. The van der Waals surface area contributed by atoms with Crippen LogP contribution in [0.4, 0.5) is 28.9 Å². The number of thiophene rings is 1.